The normalized spacial score (nSPS) is 12.6. The van der Waals surface area contributed by atoms with Crippen molar-refractivity contribution in [3.63, 3.8) is 0 Å². The number of hydrogen-bond acceptors (Lipinski definition) is 4. The molecule has 2 aromatic rings. The highest BCUT2D eigenvalue weighted by Crippen LogP contribution is 2.18. The molecule has 0 saturated heterocycles. The summed E-state index contributed by atoms with van der Waals surface area (Å²) in [5, 5.41) is 7.09. The largest absolute Gasteiger partial charge is 0.489 e. The van der Waals surface area contributed by atoms with E-state index in [1.165, 1.54) is 6.26 Å². The smallest absolute Gasteiger partial charge is 0.191 e. The van der Waals surface area contributed by atoms with Gasteiger partial charge in [0.25, 0.3) is 0 Å². The molecule has 0 aliphatic heterocycles. The molecule has 0 heterocycles. The molecule has 0 fully saturated rings. The lowest BCUT2D eigenvalue weighted by molar-refractivity contribution is 0.224. The lowest BCUT2D eigenvalue weighted by Crippen LogP contribution is -2.42. The van der Waals surface area contributed by atoms with E-state index in [9.17, 15) is 8.42 Å². The van der Waals surface area contributed by atoms with Crippen LogP contribution in [0.5, 0.6) is 5.75 Å². The van der Waals surface area contributed by atoms with E-state index >= 15 is 0 Å². The molecule has 0 aliphatic carbocycles. The highest BCUT2D eigenvalue weighted by molar-refractivity contribution is 14.0. The second-order valence-corrected chi connectivity index (χ2v) is 8.88. The summed E-state index contributed by atoms with van der Waals surface area (Å²) in [5.41, 5.74) is 1.05. The van der Waals surface area contributed by atoms with Crippen LogP contribution in [0.3, 0.4) is 0 Å². The Morgan fingerprint density at radius 3 is 2.45 bits per heavy atom. The molecular weight excluding hydrogens is 525 g/mol. The van der Waals surface area contributed by atoms with Gasteiger partial charge in [0.05, 0.1) is 11.4 Å². The molecule has 0 amide bonds. The van der Waals surface area contributed by atoms with Crippen molar-refractivity contribution in [2.75, 3.05) is 26.4 Å². The molecule has 0 radical (unpaired) electrons. The van der Waals surface area contributed by atoms with Gasteiger partial charge in [0.1, 0.15) is 11.9 Å². The minimum atomic E-state index is -3.16. The quantitative estimate of drug-likeness (QED) is 0.298. The highest BCUT2D eigenvalue weighted by atomic mass is 127. The number of guanidine groups is 1. The Kier molecular flexibility index (Phi) is 10.8. The number of aliphatic imine (C=N–C) groups is 1. The van der Waals surface area contributed by atoms with Gasteiger partial charge in [-0.3, -0.25) is 4.99 Å². The number of benzene rings is 2. The fourth-order valence-corrected chi connectivity index (χ4v) is 3.31. The molecule has 2 N–H and O–H groups in total. The molecular formula is C20H27ClIN3O3S. The standard InChI is InChI=1S/C20H26ClN3O3S.HI/c1-15(27-18-6-4-5-17(21)13-18)14-24-20(22-2)23-12-11-16-7-9-19(10-8-16)28(3,25)26;/h4-10,13,15H,11-12,14H2,1-3H3,(H2,22,23,24);1H. The first kappa shape index (κ1) is 25.5. The van der Waals surface area contributed by atoms with Crippen LogP contribution in [0.25, 0.3) is 0 Å². The monoisotopic (exact) mass is 551 g/mol. The summed E-state index contributed by atoms with van der Waals surface area (Å²) in [6.07, 6.45) is 1.89. The molecule has 0 saturated carbocycles. The average Bonchev–Trinajstić information content (AvgIpc) is 2.64. The van der Waals surface area contributed by atoms with E-state index in [-0.39, 0.29) is 30.1 Å². The summed E-state index contributed by atoms with van der Waals surface area (Å²) in [4.78, 5) is 4.53. The van der Waals surface area contributed by atoms with Crippen LogP contribution in [0.15, 0.2) is 58.4 Å². The van der Waals surface area contributed by atoms with E-state index in [4.69, 9.17) is 16.3 Å². The van der Waals surface area contributed by atoms with Gasteiger partial charge in [0.2, 0.25) is 0 Å². The molecule has 1 unspecified atom stereocenters. The van der Waals surface area contributed by atoms with Crippen LogP contribution in [0.4, 0.5) is 0 Å². The van der Waals surface area contributed by atoms with Crippen molar-refractivity contribution in [1.82, 2.24) is 10.6 Å². The Hall–Kier alpha value is -1.52. The molecule has 2 aromatic carbocycles. The third-order valence-corrected chi connectivity index (χ3v) is 5.34. The van der Waals surface area contributed by atoms with Gasteiger partial charge in [-0.2, -0.15) is 0 Å². The predicted octanol–water partition coefficient (Wildman–Crippen LogP) is 3.54. The van der Waals surface area contributed by atoms with Gasteiger partial charge < -0.3 is 15.4 Å². The van der Waals surface area contributed by atoms with Gasteiger partial charge in [-0.05, 0) is 49.2 Å². The SMILES string of the molecule is CN=C(NCCc1ccc(S(C)(=O)=O)cc1)NCC(C)Oc1cccc(Cl)c1.I. The van der Waals surface area contributed by atoms with E-state index in [2.05, 4.69) is 15.6 Å². The topological polar surface area (TPSA) is 79.8 Å². The first-order chi connectivity index (χ1) is 13.3. The van der Waals surface area contributed by atoms with Crippen LogP contribution < -0.4 is 15.4 Å². The van der Waals surface area contributed by atoms with Crippen LogP contribution in [0.2, 0.25) is 5.02 Å². The average molecular weight is 552 g/mol. The number of halogens is 2. The Labute approximate surface area is 195 Å². The van der Waals surface area contributed by atoms with E-state index in [0.717, 1.165) is 17.7 Å². The van der Waals surface area contributed by atoms with Crippen molar-refractivity contribution in [2.24, 2.45) is 4.99 Å². The second kappa shape index (κ2) is 12.2. The van der Waals surface area contributed by atoms with E-state index < -0.39 is 9.84 Å². The first-order valence-corrected chi connectivity index (χ1v) is 11.2. The summed E-state index contributed by atoms with van der Waals surface area (Å²) >= 11 is 5.96. The van der Waals surface area contributed by atoms with Crippen molar-refractivity contribution < 1.29 is 13.2 Å². The minimum Gasteiger partial charge on any atom is -0.489 e. The maximum Gasteiger partial charge on any atom is 0.191 e. The van der Waals surface area contributed by atoms with E-state index in [1.54, 1.807) is 31.3 Å². The Bertz CT molecular complexity index is 905. The molecule has 29 heavy (non-hydrogen) atoms. The number of ether oxygens (including phenoxy) is 1. The van der Waals surface area contributed by atoms with E-state index in [0.29, 0.717) is 29.0 Å². The Balaban J connectivity index is 0.00000420. The second-order valence-electron chi connectivity index (χ2n) is 6.43. The summed E-state index contributed by atoms with van der Waals surface area (Å²) in [6, 6.07) is 14.2. The molecule has 0 spiro atoms. The van der Waals surface area contributed by atoms with Gasteiger partial charge in [0, 0.05) is 24.9 Å². The van der Waals surface area contributed by atoms with Gasteiger partial charge in [-0.15, -0.1) is 24.0 Å². The molecule has 1 atom stereocenters. The van der Waals surface area contributed by atoms with Gasteiger partial charge in [-0.1, -0.05) is 29.8 Å². The van der Waals surface area contributed by atoms with Crippen molar-refractivity contribution in [1.29, 1.82) is 0 Å². The van der Waals surface area contributed by atoms with Crippen molar-refractivity contribution >= 4 is 51.4 Å². The number of hydrogen-bond donors (Lipinski definition) is 2. The zero-order valence-corrected chi connectivity index (χ0v) is 20.6. The van der Waals surface area contributed by atoms with Crippen LogP contribution in [0, 0.1) is 0 Å². The number of sulfone groups is 1. The predicted molar refractivity (Wildman–Crippen MR) is 130 cm³/mol. The number of rotatable bonds is 8. The Morgan fingerprint density at radius 1 is 1.17 bits per heavy atom. The van der Waals surface area contributed by atoms with Crippen LogP contribution >= 0.6 is 35.6 Å². The summed E-state index contributed by atoms with van der Waals surface area (Å²) in [5.74, 6) is 1.40. The Morgan fingerprint density at radius 2 is 1.86 bits per heavy atom. The number of nitrogens with zero attached hydrogens (tertiary/aromatic N) is 1. The lowest BCUT2D eigenvalue weighted by atomic mass is 10.1. The van der Waals surface area contributed by atoms with Gasteiger partial charge >= 0.3 is 0 Å². The molecule has 6 nitrogen and oxygen atoms in total. The zero-order chi connectivity index (χ0) is 20.6. The molecule has 9 heteroatoms. The van der Waals surface area contributed by atoms with Gasteiger partial charge in [0.15, 0.2) is 15.8 Å². The van der Waals surface area contributed by atoms with Crippen molar-refractivity contribution in [2.45, 2.75) is 24.3 Å². The zero-order valence-electron chi connectivity index (χ0n) is 16.7. The molecule has 0 bridgehead atoms. The first-order valence-electron chi connectivity index (χ1n) is 8.93. The highest BCUT2D eigenvalue weighted by Gasteiger charge is 2.08. The summed E-state index contributed by atoms with van der Waals surface area (Å²) in [7, 11) is -1.45. The fourth-order valence-electron chi connectivity index (χ4n) is 2.50. The van der Waals surface area contributed by atoms with Crippen LogP contribution in [0.1, 0.15) is 12.5 Å². The molecule has 2 rings (SSSR count). The molecule has 0 aromatic heterocycles. The van der Waals surface area contributed by atoms with Crippen LogP contribution in [-0.2, 0) is 16.3 Å². The number of nitrogens with one attached hydrogen (secondary N) is 2. The maximum atomic E-state index is 11.5. The lowest BCUT2D eigenvalue weighted by Gasteiger charge is -2.18. The molecule has 160 valence electrons. The maximum absolute atomic E-state index is 11.5. The van der Waals surface area contributed by atoms with Gasteiger partial charge in [-0.25, -0.2) is 8.42 Å². The summed E-state index contributed by atoms with van der Waals surface area (Å²) < 4.78 is 28.8. The summed E-state index contributed by atoms with van der Waals surface area (Å²) in [6.45, 7) is 3.21. The third-order valence-electron chi connectivity index (χ3n) is 3.97. The van der Waals surface area contributed by atoms with Crippen molar-refractivity contribution in [3.8, 4) is 5.75 Å². The fraction of sp³-hybridized carbons (Fsp3) is 0.350. The molecule has 0 aliphatic rings. The van der Waals surface area contributed by atoms with E-state index in [1.807, 2.05) is 31.2 Å². The minimum absolute atomic E-state index is 0. The third kappa shape index (κ3) is 9.22. The van der Waals surface area contributed by atoms with Crippen molar-refractivity contribution in [3.05, 3.63) is 59.1 Å². The van der Waals surface area contributed by atoms with Crippen LogP contribution in [-0.4, -0.2) is 46.9 Å².